The molecular formula is C15H14O4S. The highest BCUT2D eigenvalue weighted by molar-refractivity contribution is 7.86. The first kappa shape index (κ1) is 14.4. The van der Waals surface area contributed by atoms with Gasteiger partial charge in [-0.15, -0.1) is 0 Å². The number of aryl methyl sites for hydroxylation is 1. The van der Waals surface area contributed by atoms with E-state index < -0.39 is 10.1 Å². The highest BCUT2D eigenvalue weighted by Gasteiger charge is 2.14. The Balaban J connectivity index is 2.08. The standard InChI is InChI=1S/C15H14O4S/c1-12-2-8-15(9-3-12)20(17,18)19-11-14-6-4-13(10-16)5-7-14/h2-10H,11H2,1H3. The maximum absolute atomic E-state index is 12.0. The molecule has 0 amide bonds. The van der Waals surface area contributed by atoms with E-state index in [2.05, 4.69) is 0 Å². The zero-order chi connectivity index (χ0) is 14.6. The van der Waals surface area contributed by atoms with Crippen LogP contribution in [0.3, 0.4) is 0 Å². The van der Waals surface area contributed by atoms with Gasteiger partial charge >= 0.3 is 0 Å². The summed E-state index contributed by atoms with van der Waals surface area (Å²) in [6.07, 6.45) is 0.730. The summed E-state index contributed by atoms with van der Waals surface area (Å²) in [7, 11) is -3.76. The van der Waals surface area contributed by atoms with Crippen molar-refractivity contribution in [1.29, 1.82) is 0 Å². The van der Waals surface area contributed by atoms with E-state index in [1.165, 1.54) is 12.1 Å². The third-order valence-electron chi connectivity index (χ3n) is 2.81. The van der Waals surface area contributed by atoms with Crippen molar-refractivity contribution < 1.29 is 17.4 Å². The molecule has 2 aromatic carbocycles. The maximum Gasteiger partial charge on any atom is 0.297 e. The summed E-state index contributed by atoms with van der Waals surface area (Å²) in [5.41, 5.74) is 2.20. The monoisotopic (exact) mass is 290 g/mol. The molecule has 0 spiro atoms. The Bertz CT molecular complexity index is 686. The zero-order valence-electron chi connectivity index (χ0n) is 10.9. The quantitative estimate of drug-likeness (QED) is 0.627. The first-order chi connectivity index (χ1) is 9.51. The average Bonchev–Trinajstić information content (AvgIpc) is 2.46. The molecule has 0 atom stereocenters. The second kappa shape index (κ2) is 5.98. The molecule has 2 aromatic rings. The number of rotatable bonds is 5. The number of benzene rings is 2. The molecule has 4 nitrogen and oxygen atoms in total. The lowest BCUT2D eigenvalue weighted by Crippen LogP contribution is -2.06. The molecule has 0 unspecified atom stereocenters. The molecule has 0 bridgehead atoms. The summed E-state index contributed by atoms with van der Waals surface area (Å²) in [4.78, 5) is 10.7. The van der Waals surface area contributed by atoms with E-state index in [9.17, 15) is 13.2 Å². The first-order valence-corrected chi connectivity index (χ1v) is 7.42. The minimum Gasteiger partial charge on any atom is -0.298 e. The Morgan fingerprint density at radius 1 is 1.00 bits per heavy atom. The molecule has 20 heavy (non-hydrogen) atoms. The molecule has 0 saturated carbocycles. The second-order valence-electron chi connectivity index (χ2n) is 4.39. The van der Waals surface area contributed by atoms with Crippen molar-refractivity contribution in [3.63, 3.8) is 0 Å². The van der Waals surface area contributed by atoms with Gasteiger partial charge in [-0.05, 0) is 24.6 Å². The predicted molar refractivity (Wildman–Crippen MR) is 75.0 cm³/mol. The highest BCUT2D eigenvalue weighted by atomic mass is 32.2. The Kier molecular flexibility index (Phi) is 4.32. The van der Waals surface area contributed by atoms with Crippen LogP contribution in [0.25, 0.3) is 0 Å². The smallest absolute Gasteiger partial charge is 0.297 e. The van der Waals surface area contributed by atoms with E-state index in [1.807, 2.05) is 6.92 Å². The van der Waals surface area contributed by atoms with Crippen LogP contribution in [0.15, 0.2) is 53.4 Å². The van der Waals surface area contributed by atoms with Crippen molar-refractivity contribution in [1.82, 2.24) is 0 Å². The van der Waals surface area contributed by atoms with E-state index in [4.69, 9.17) is 4.18 Å². The molecular weight excluding hydrogens is 276 g/mol. The van der Waals surface area contributed by atoms with Gasteiger partial charge < -0.3 is 0 Å². The Morgan fingerprint density at radius 2 is 1.60 bits per heavy atom. The molecule has 0 heterocycles. The van der Waals surface area contributed by atoms with Crippen LogP contribution in [-0.4, -0.2) is 14.7 Å². The number of carbonyl (C=O) groups excluding carboxylic acids is 1. The second-order valence-corrected chi connectivity index (χ2v) is 6.00. The molecule has 0 N–H and O–H groups in total. The molecule has 5 heteroatoms. The Morgan fingerprint density at radius 3 is 2.15 bits per heavy atom. The van der Waals surface area contributed by atoms with Crippen LogP contribution in [0.5, 0.6) is 0 Å². The first-order valence-electron chi connectivity index (χ1n) is 6.01. The van der Waals surface area contributed by atoms with Gasteiger partial charge in [-0.25, -0.2) is 0 Å². The molecule has 0 saturated heterocycles. The molecule has 0 aliphatic carbocycles. The fourth-order valence-electron chi connectivity index (χ4n) is 1.61. The van der Waals surface area contributed by atoms with Crippen LogP contribution >= 0.6 is 0 Å². The third kappa shape index (κ3) is 3.53. The summed E-state index contributed by atoms with van der Waals surface area (Å²) >= 11 is 0. The van der Waals surface area contributed by atoms with E-state index in [1.54, 1.807) is 36.4 Å². The van der Waals surface area contributed by atoms with Crippen molar-refractivity contribution in [2.45, 2.75) is 18.4 Å². The molecule has 0 aromatic heterocycles. The van der Waals surface area contributed by atoms with Crippen LogP contribution in [0.4, 0.5) is 0 Å². The number of carbonyl (C=O) groups is 1. The van der Waals surface area contributed by atoms with Crippen LogP contribution in [0, 0.1) is 6.92 Å². The summed E-state index contributed by atoms with van der Waals surface area (Å²) in [5, 5.41) is 0. The summed E-state index contributed by atoms with van der Waals surface area (Å²) < 4.78 is 28.9. The minimum atomic E-state index is -3.76. The van der Waals surface area contributed by atoms with Crippen LogP contribution in [-0.2, 0) is 20.9 Å². The van der Waals surface area contributed by atoms with Crippen LogP contribution < -0.4 is 0 Å². The van der Waals surface area contributed by atoms with Crippen LogP contribution in [0.1, 0.15) is 21.5 Å². The van der Waals surface area contributed by atoms with Gasteiger partial charge in [0.15, 0.2) is 0 Å². The van der Waals surface area contributed by atoms with Crippen molar-refractivity contribution >= 4 is 16.4 Å². The fourth-order valence-corrected chi connectivity index (χ4v) is 2.51. The normalized spacial score (nSPS) is 11.2. The van der Waals surface area contributed by atoms with Gasteiger partial charge in [0.25, 0.3) is 10.1 Å². The lowest BCUT2D eigenvalue weighted by Gasteiger charge is -2.06. The molecule has 104 valence electrons. The van der Waals surface area contributed by atoms with E-state index >= 15 is 0 Å². The van der Waals surface area contributed by atoms with Crippen molar-refractivity contribution in [3.05, 3.63) is 65.2 Å². The minimum absolute atomic E-state index is 0.0602. The maximum atomic E-state index is 12.0. The predicted octanol–water partition coefficient (Wildman–Crippen LogP) is 2.71. The highest BCUT2D eigenvalue weighted by Crippen LogP contribution is 2.15. The lowest BCUT2D eigenvalue weighted by molar-refractivity contribution is 0.112. The van der Waals surface area contributed by atoms with Crippen LogP contribution in [0.2, 0.25) is 0 Å². The lowest BCUT2D eigenvalue weighted by atomic mass is 10.2. The van der Waals surface area contributed by atoms with Crippen molar-refractivity contribution in [3.8, 4) is 0 Å². The van der Waals surface area contributed by atoms with Gasteiger partial charge in [0, 0.05) is 5.56 Å². The average molecular weight is 290 g/mol. The molecule has 0 radical (unpaired) electrons. The Labute approximate surface area is 118 Å². The fraction of sp³-hybridized carbons (Fsp3) is 0.133. The Hall–Kier alpha value is -1.98. The molecule has 0 aliphatic rings. The third-order valence-corrected chi connectivity index (χ3v) is 4.08. The number of hydrogen-bond acceptors (Lipinski definition) is 4. The summed E-state index contributed by atoms with van der Waals surface area (Å²) in [6.45, 7) is 1.82. The van der Waals surface area contributed by atoms with Gasteiger partial charge in [0.1, 0.15) is 6.29 Å². The molecule has 0 fully saturated rings. The van der Waals surface area contributed by atoms with Gasteiger partial charge in [0.05, 0.1) is 11.5 Å². The van der Waals surface area contributed by atoms with Gasteiger partial charge in [0.2, 0.25) is 0 Å². The summed E-state index contributed by atoms with van der Waals surface area (Å²) in [5.74, 6) is 0. The van der Waals surface area contributed by atoms with Crippen molar-refractivity contribution in [2.24, 2.45) is 0 Å². The van der Waals surface area contributed by atoms with Crippen molar-refractivity contribution in [2.75, 3.05) is 0 Å². The largest absolute Gasteiger partial charge is 0.298 e. The topological polar surface area (TPSA) is 60.4 Å². The zero-order valence-corrected chi connectivity index (χ0v) is 11.8. The SMILES string of the molecule is Cc1ccc(S(=O)(=O)OCc2ccc(C=O)cc2)cc1. The number of aldehydes is 1. The van der Waals surface area contributed by atoms with E-state index in [-0.39, 0.29) is 11.5 Å². The number of hydrogen-bond donors (Lipinski definition) is 0. The van der Waals surface area contributed by atoms with E-state index in [0.717, 1.165) is 11.8 Å². The van der Waals surface area contributed by atoms with Gasteiger partial charge in [-0.1, -0.05) is 42.0 Å². The summed E-state index contributed by atoms with van der Waals surface area (Å²) in [6, 6.07) is 13.0. The van der Waals surface area contributed by atoms with E-state index in [0.29, 0.717) is 11.1 Å². The molecule has 0 aliphatic heterocycles. The van der Waals surface area contributed by atoms with Gasteiger partial charge in [-0.3, -0.25) is 8.98 Å². The van der Waals surface area contributed by atoms with Gasteiger partial charge in [-0.2, -0.15) is 8.42 Å². The molecule has 2 rings (SSSR count).